The third kappa shape index (κ3) is 2.39. The lowest BCUT2D eigenvalue weighted by atomic mass is 9.99. The normalized spacial score (nSPS) is 25.8. The van der Waals surface area contributed by atoms with Gasteiger partial charge in [-0.1, -0.05) is 11.6 Å². The molecule has 2 atom stereocenters. The fourth-order valence-corrected chi connectivity index (χ4v) is 3.08. The topological polar surface area (TPSA) is 46.3 Å². The smallest absolute Gasteiger partial charge is 0.264 e. The fraction of sp³-hybridized carbons (Fsp3) is 0.545. The van der Waals surface area contributed by atoms with Crippen molar-refractivity contribution < 1.29 is 4.79 Å². The van der Waals surface area contributed by atoms with Gasteiger partial charge in [-0.2, -0.15) is 0 Å². The molecule has 2 N–H and O–H groups in total. The minimum absolute atomic E-state index is 0.0799. The Balaban J connectivity index is 2.10. The first-order chi connectivity index (χ1) is 7.58. The third-order valence-corrected chi connectivity index (χ3v) is 4.18. The second kappa shape index (κ2) is 4.73. The zero-order valence-electron chi connectivity index (χ0n) is 9.15. The monoisotopic (exact) mass is 258 g/mol. The van der Waals surface area contributed by atoms with Crippen LogP contribution in [0.4, 0.5) is 0 Å². The van der Waals surface area contributed by atoms with Gasteiger partial charge in [0.25, 0.3) is 5.91 Å². The van der Waals surface area contributed by atoms with Crippen LogP contribution in [0.1, 0.15) is 29.4 Å². The molecule has 16 heavy (non-hydrogen) atoms. The number of hydrogen-bond acceptors (Lipinski definition) is 3. The molecule has 0 saturated carbocycles. The molecule has 3 nitrogen and oxygen atoms in total. The van der Waals surface area contributed by atoms with E-state index in [4.69, 9.17) is 17.3 Å². The molecular formula is C11H15ClN2OS. The van der Waals surface area contributed by atoms with Crippen LogP contribution >= 0.6 is 22.9 Å². The number of likely N-dealkylation sites (tertiary alicyclic amines) is 1. The third-order valence-electron chi connectivity index (χ3n) is 2.96. The number of nitrogens with two attached hydrogens (primary N) is 1. The Labute approximate surface area is 104 Å². The van der Waals surface area contributed by atoms with Gasteiger partial charge < -0.3 is 10.6 Å². The Morgan fingerprint density at radius 3 is 2.94 bits per heavy atom. The Kier molecular flexibility index (Phi) is 3.52. The molecule has 1 aliphatic rings. The molecule has 88 valence electrons. The van der Waals surface area contributed by atoms with Crippen molar-refractivity contribution in [2.45, 2.75) is 31.8 Å². The second-order valence-electron chi connectivity index (χ2n) is 4.24. The molecule has 0 bridgehead atoms. The standard InChI is InChI=1S/C11H15ClN2OS/c1-7-6-8(13)4-5-14(7)11(15)9-2-3-10(12)16-9/h2-3,7-8H,4-6,13H2,1H3. The van der Waals surface area contributed by atoms with Crippen LogP contribution in [0.2, 0.25) is 4.34 Å². The number of thiophene rings is 1. The zero-order valence-corrected chi connectivity index (χ0v) is 10.7. The molecular weight excluding hydrogens is 244 g/mol. The minimum Gasteiger partial charge on any atom is -0.335 e. The molecule has 1 aliphatic heterocycles. The van der Waals surface area contributed by atoms with Gasteiger partial charge in [0.2, 0.25) is 0 Å². The van der Waals surface area contributed by atoms with E-state index in [-0.39, 0.29) is 18.0 Å². The van der Waals surface area contributed by atoms with Crippen molar-refractivity contribution in [3.63, 3.8) is 0 Å². The Hall–Kier alpha value is -0.580. The van der Waals surface area contributed by atoms with Gasteiger partial charge in [0, 0.05) is 18.6 Å². The van der Waals surface area contributed by atoms with E-state index in [1.807, 2.05) is 11.8 Å². The number of nitrogens with zero attached hydrogens (tertiary/aromatic N) is 1. The van der Waals surface area contributed by atoms with Crippen molar-refractivity contribution in [1.82, 2.24) is 4.90 Å². The highest BCUT2D eigenvalue weighted by Gasteiger charge is 2.28. The summed E-state index contributed by atoms with van der Waals surface area (Å²) in [4.78, 5) is 14.8. The van der Waals surface area contributed by atoms with E-state index in [0.717, 1.165) is 19.4 Å². The molecule has 2 rings (SSSR count). The number of piperidine rings is 1. The highest BCUT2D eigenvalue weighted by Crippen LogP contribution is 2.25. The maximum Gasteiger partial charge on any atom is 0.264 e. The van der Waals surface area contributed by atoms with Crippen LogP contribution in [-0.4, -0.2) is 29.4 Å². The number of carbonyl (C=O) groups excluding carboxylic acids is 1. The second-order valence-corrected chi connectivity index (χ2v) is 5.95. The van der Waals surface area contributed by atoms with E-state index < -0.39 is 0 Å². The molecule has 1 fully saturated rings. The summed E-state index contributed by atoms with van der Waals surface area (Å²) < 4.78 is 0.657. The molecule has 5 heteroatoms. The molecule has 1 aromatic rings. The van der Waals surface area contributed by atoms with Crippen LogP contribution < -0.4 is 5.73 Å². The van der Waals surface area contributed by atoms with E-state index in [2.05, 4.69) is 0 Å². The molecule has 2 unspecified atom stereocenters. The van der Waals surface area contributed by atoms with Crippen LogP contribution in [-0.2, 0) is 0 Å². The van der Waals surface area contributed by atoms with Gasteiger partial charge in [-0.05, 0) is 31.9 Å². The van der Waals surface area contributed by atoms with E-state index in [1.54, 1.807) is 12.1 Å². The number of amides is 1. The number of hydrogen-bond donors (Lipinski definition) is 1. The molecule has 1 aromatic heterocycles. The lowest BCUT2D eigenvalue weighted by Crippen LogP contribution is -2.48. The highest BCUT2D eigenvalue weighted by molar-refractivity contribution is 7.17. The summed E-state index contributed by atoms with van der Waals surface area (Å²) in [6.45, 7) is 2.79. The SMILES string of the molecule is CC1CC(N)CCN1C(=O)c1ccc(Cl)s1. The van der Waals surface area contributed by atoms with Crippen molar-refractivity contribution in [3.8, 4) is 0 Å². The maximum absolute atomic E-state index is 12.2. The lowest BCUT2D eigenvalue weighted by Gasteiger charge is -2.36. The average Bonchev–Trinajstić information content (AvgIpc) is 2.64. The molecule has 1 saturated heterocycles. The summed E-state index contributed by atoms with van der Waals surface area (Å²) in [5, 5.41) is 0. The van der Waals surface area contributed by atoms with Crippen molar-refractivity contribution in [1.29, 1.82) is 0 Å². The molecule has 0 aromatic carbocycles. The van der Waals surface area contributed by atoms with E-state index in [1.165, 1.54) is 11.3 Å². The first kappa shape index (κ1) is 11.9. The summed E-state index contributed by atoms with van der Waals surface area (Å²) in [7, 11) is 0. The number of carbonyl (C=O) groups is 1. The van der Waals surface area contributed by atoms with Crippen LogP contribution in [0.25, 0.3) is 0 Å². The molecule has 0 aliphatic carbocycles. The van der Waals surface area contributed by atoms with Crippen LogP contribution in [0, 0.1) is 0 Å². The fourth-order valence-electron chi connectivity index (χ4n) is 2.08. The number of halogens is 1. The van der Waals surface area contributed by atoms with Crippen LogP contribution in [0.5, 0.6) is 0 Å². The maximum atomic E-state index is 12.2. The van der Waals surface area contributed by atoms with Gasteiger partial charge >= 0.3 is 0 Å². The van der Waals surface area contributed by atoms with Crippen molar-refractivity contribution in [2.24, 2.45) is 5.73 Å². The molecule has 2 heterocycles. The summed E-state index contributed by atoms with van der Waals surface area (Å²) in [6.07, 6.45) is 1.76. The van der Waals surface area contributed by atoms with Crippen molar-refractivity contribution >= 4 is 28.8 Å². The lowest BCUT2D eigenvalue weighted by molar-refractivity contribution is 0.0624. The first-order valence-corrected chi connectivity index (χ1v) is 6.59. The molecule has 1 amide bonds. The summed E-state index contributed by atoms with van der Waals surface area (Å²) in [5.41, 5.74) is 5.87. The first-order valence-electron chi connectivity index (χ1n) is 5.40. The summed E-state index contributed by atoms with van der Waals surface area (Å²) in [5.74, 6) is 0.0799. The Morgan fingerprint density at radius 1 is 1.62 bits per heavy atom. The van der Waals surface area contributed by atoms with Gasteiger partial charge in [-0.25, -0.2) is 0 Å². The Bertz CT molecular complexity index is 393. The predicted molar refractivity (Wildman–Crippen MR) is 67.0 cm³/mol. The predicted octanol–water partition coefficient (Wildman–Crippen LogP) is 2.35. The minimum atomic E-state index is 0.0799. The van der Waals surface area contributed by atoms with E-state index in [9.17, 15) is 4.79 Å². The molecule has 0 spiro atoms. The van der Waals surface area contributed by atoms with Gasteiger partial charge in [-0.3, -0.25) is 4.79 Å². The van der Waals surface area contributed by atoms with Crippen LogP contribution in [0.15, 0.2) is 12.1 Å². The number of rotatable bonds is 1. The van der Waals surface area contributed by atoms with E-state index in [0.29, 0.717) is 9.21 Å². The molecule has 0 radical (unpaired) electrons. The van der Waals surface area contributed by atoms with Gasteiger partial charge in [0.1, 0.15) is 0 Å². The van der Waals surface area contributed by atoms with Crippen LogP contribution in [0.3, 0.4) is 0 Å². The van der Waals surface area contributed by atoms with Crippen molar-refractivity contribution in [3.05, 3.63) is 21.3 Å². The van der Waals surface area contributed by atoms with Gasteiger partial charge in [-0.15, -0.1) is 11.3 Å². The van der Waals surface area contributed by atoms with E-state index >= 15 is 0 Å². The summed E-state index contributed by atoms with van der Waals surface area (Å²) >= 11 is 7.17. The van der Waals surface area contributed by atoms with Gasteiger partial charge in [0.15, 0.2) is 0 Å². The quantitative estimate of drug-likeness (QED) is 0.841. The largest absolute Gasteiger partial charge is 0.335 e. The Morgan fingerprint density at radius 2 is 2.38 bits per heavy atom. The van der Waals surface area contributed by atoms with Crippen molar-refractivity contribution in [2.75, 3.05) is 6.54 Å². The zero-order chi connectivity index (χ0) is 11.7. The average molecular weight is 259 g/mol. The van der Waals surface area contributed by atoms with Gasteiger partial charge in [0.05, 0.1) is 9.21 Å². The highest BCUT2D eigenvalue weighted by atomic mass is 35.5. The summed E-state index contributed by atoms with van der Waals surface area (Å²) in [6, 6.07) is 4.00.